The smallest absolute Gasteiger partial charge is 0.408 e. The number of pyridine rings is 1. The van der Waals surface area contributed by atoms with E-state index in [1.807, 2.05) is 32.0 Å². The third-order valence-electron chi connectivity index (χ3n) is 6.04. The van der Waals surface area contributed by atoms with Gasteiger partial charge in [0.1, 0.15) is 0 Å². The van der Waals surface area contributed by atoms with Crippen LogP contribution in [-0.4, -0.2) is 48.7 Å². The zero-order chi connectivity index (χ0) is 22.8. The van der Waals surface area contributed by atoms with Gasteiger partial charge in [-0.2, -0.15) is 0 Å². The molecule has 0 bridgehead atoms. The molecule has 0 saturated heterocycles. The first-order chi connectivity index (χ1) is 15.4. The minimum atomic E-state index is -0.494. The number of hydrogen-bond acceptors (Lipinski definition) is 6. The average molecular weight is 438 g/mol. The van der Waals surface area contributed by atoms with Crippen molar-refractivity contribution in [1.29, 1.82) is 0 Å². The van der Waals surface area contributed by atoms with Gasteiger partial charge in [-0.15, -0.1) is 0 Å². The van der Waals surface area contributed by atoms with E-state index < -0.39 is 6.09 Å². The van der Waals surface area contributed by atoms with Crippen LogP contribution in [0.3, 0.4) is 0 Å². The number of aryl methyl sites for hydroxylation is 1. The predicted octanol–water partition coefficient (Wildman–Crippen LogP) is 2.94. The van der Waals surface area contributed by atoms with Crippen molar-refractivity contribution >= 4 is 23.4 Å². The number of aromatic nitrogens is 1. The van der Waals surface area contributed by atoms with E-state index >= 15 is 0 Å². The number of nitrogens with two attached hydrogens (primary N) is 1. The van der Waals surface area contributed by atoms with Crippen LogP contribution in [0.2, 0.25) is 0 Å². The number of hydrogen-bond donors (Lipinski definition) is 2. The van der Waals surface area contributed by atoms with E-state index in [1.54, 1.807) is 29.0 Å². The summed E-state index contributed by atoms with van der Waals surface area (Å²) in [6, 6.07) is 8.06. The van der Waals surface area contributed by atoms with Crippen molar-refractivity contribution in [1.82, 2.24) is 10.3 Å². The SMILES string of the molecule is CC(=O)N1c2ccc(C(CN)CNC3CC3)cc2N(C(=O)Oc2cncc(C)c2)C[C@@H]1C. The van der Waals surface area contributed by atoms with Crippen molar-refractivity contribution in [2.45, 2.75) is 51.6 Å². The molecule has 1 fully saturated rings. The lowest BCUT2D eigenvalue weighted by molar-refractivity contribution is -0.117. The molecule has 2 heterocycles. The quantitative estimate of drug-likeness (QED) is 0.721. The molecule has 8 heteroatoms. The maximum Gasteiger partial charge on any atom is 0.419 e. The number of carbonyl (C=O) groups is 2. The maximum atomic E-state index is 13.2. The van der Waals surface area contributed by atoms with Crippen molar-refractivity contribution in [2.75, 3.05) is 29.4 Å². The van der Waals surface area contributed by atoms with Crippen molar-refractivity contribution in [3.63, 3.8) is 0 Å². The molecule has 2 atom stereocenters. The van der Waals surface area contributed by atoms with E-state index in [-0.39, 0.29) is 17.9 Å². The van der Waals surface area contributed by atoms with Crippen molar-refractivity contribution in [2.24, 2.45) is 5.73 Å². The molecule has 2 aliphatic rings. The third kappa shape index (κ3) is 4.76. The Hall–Kier alpha value is -2.97. The van der Waals surface area contributed by atoms with E-state index in [4.69, 9.17) is 10.5 Å². The van der Waals surface area contributed by atoms with Gasteiger partial charge < -0.3 is 20.7 Å². The molecule has 2 amide bonds. The van der Waals surface area contributed by atoms with Crippen LogP contribution < -0.4 is 25.6 Å². The Morgan fingerprint density at radius 1 is 1.25 bits per heavy atom. The number of fused-ring (bicyclic) bond motifs is 1. The van der Waals surface area contributed by atoms with Crippen LogP contribution in [0, 0.1) is 6.92 Å². The van der Waals surface area contributed by atoms with Gasteiger partial charge in [-0.05, 0) is 56.0 Å². The monoisotopic (exact) mass is 437 g/mol. The van der Waals surface area contributed by atoms with Gasteiger partial charge >= 0.3 is 6.09 Å². The molecule has 1 unspecified atom stereocenters. The number of benzene rings is 1. The predicted molar refractivity (Wildman–Crippen MR) is 124 cm³/mol. The molecule has 0 radical (unpaired) electrons. The second kappa shape index (κ2) is 9.26. The summed E-state index contributed by atoms with van der Waals surface area (Å²) in [5.74, 6) is 0.445. The molecule has 8 nitrogen and oxygen atoms in total. The van der Waals surface area contributed by atoms with Crippen molar-refractivity contribution in [3.8, 4) is 5.75 Å². The molecule has 2 aromatic rings. The maximum absolute atomic E-state index is 13.2. The Balaban J connectivity index is 1.66. The van der Waals surface area contributed by atoms with E-state index in [1.165, 1.54) is 19.0 Å². The fourth-order valence-corrected chi connectivity index (χ4v) is 4.22. The first-order valence-electron chi connectivity index (χ1n) is 11.2. The number of amides is 2. The van der Waals surface area contributed by atoms with Gasteiger partial charge in [-0.25, -0.2) is 4.79 Å². The summed E-state index contributed by atoms with van der Waals surface area (Å²) in [5, 5.41) is 3.54. The van der Waals surface area contributed by atoms with Gasteiger partial charge in [-0.1, -0.05) is 6.07 Å². The number of ether oxygens (including phenoxy) is 1. The molecule has 0 spiro atoms. The molecule has 3 N–H and O–H groups in total. The highest BCUT2D eigenvalue weighted by molar-refractivity contribution is 6.02. The Labute approximate surface area is 188 Å². The number of rotatable bonds is 6. The summed E-state index contributed by atoms with van der Waals surface area (Å²) in [7, 11) is 0. The normalized spacial score (nSPS) is 18.8. The lowest BCUT2D eigenvalue weighted by atomic mass is 9.96. The summed E-state index contributed by atoms with van der Waals surface area (Å²) < 4.78 is 5.63. The second-order valence-electron chi connectivity index (χ2n) is 8.78. The summed E-state index contributed by atoms with van der Waals surface area (Å²) in [6.45, 7) is 6.97. The molecule has 1 aromatic heterocycles. The summed E-state index contributed by atoms with van der Waals surface area (Å²) in [6.07, 6.45) is 5.15. The lowest BCUT2D eigenvalue weighted by Gasteiger charge is -2.40. The van der Waals surface area contributed by atoms with Gasteiger partial charge in [0.25, 0.3) is 0 Å². The van der Waals surface area contributed by atoms with E-state index in [2.05, 4.69) is 10.3 Å². The fraction of sp³-hybridized carbons (Fsp3) is 0.458. The zero-order valence-electron chi connectivity index (χ0n) is 18.9. The topological polar surface area (TPSA) is 101 Å². The first kappa shape index (κ1) is 22.2. The van der Waals surface area contributed by atoms with Gasteiger partial charge in [-0.3, -0.25) is 14.7 Å². The standard InChI is InChI=1S/C24H31N5O3/c1-15-8-21(13-26-11-15)32-24(31)28-14-16(2)29(17(3)30)22-7-4-18(9-23(22)28)19(10-25)12-27-20-5-6-20/h4,7-9,11,13,16,19-20,27H,5-6,10,12,14,25H2,1-3H3/t16-,19?/m0/s1. The Bertz CT molecular complexity index is 1010. The minimum Gasteiger partial charge on any atom is -0.408 e. The minimum absolute atomic E-state index is 0.0619. The molecular weight excluding hydrogens is 406 g/mol. The first-order valence-corrected chi connectivity index (χ1v) is 11.2. The van der Waals surface area contributed by atoms with Gasteiger partial charge in [0.15, 0.2) is 5.75 Å². The van der Waals surface area contributed by atoms with Crippen LogP contribution >= 0.6 is 0 Å². The Kier molecular flexibility index (Phi) is 6.43. The largest absolute Gasteiger partial charge is 0.419 e. The highest BCUT2D eigenvalue weighted by Gasteiger charge is 2.35. The van der Waals surface area contributed by atoms with Crippen LogP contribution in [0.15, 0.2) is 36.7 Å². The van der Waals surface area contributed by atoms with Crippen LogP contribution in [-0.2, 0) is 4.79 Å². The van der Waals surface area contributed by atoms with Crippen LogP contribution in [0.4, 0.5) is 16.2 Å². The van der Waals surface area contributed by atoms with Crippen LogP contribution in [0.1, 0.15) is 43.7 Å². The molecule has 1 aliphatic heterocycles. The molecule has 1 saturated carbocycles. The van der Waals surface area contributed by atoms with Crippen molar-refractivity contribution in [3.05, 3.63) is 47.8 Å². The highest BCUT2D eigenvalue weighted by atomic mass is 16.6. The molecule has 170 valence electrons. The lowest BCUT2D eigenvalue weighted by Crippen LogP contribution is -2.52. The molecule has 32 heavy (non-hydrogen) atoms. The molecule has 1 aliphatic carbocycles. The van der Waals surface area contributed by atoms with Gasteiger partial charge in [0.2, 0.25) is 5.91 Å². The Morgan fingerprint density at radius 3 is 2.69 bits per heavy atom. The van der Waals surface area contributed by atoms with E-state index in [9.17, 15) is 9.59 Å². The highest BCUT2D eigenvalue weighted by Crippen LogP contribution is 2.38. The number of carbonyl (C=O) groups excluding carboxylic acids is 2. The summed E-state index contributed by atoms with van der Waals surface area (Å²) >= 11 is 0. The van der Waals surface area contributed by atoms with Gasteiger partial charge in [0.05, 0.1) is 23.6 Å². The number of anilines is 2. The fourth-order valence-electron chi connectivity index (χ4n) is 4.22. The van der Waals surface area contributed by atoms with E-state index in [0.29, 0.717) is 36.3 Å². The molecule has 1 aromatic carbocycles. The third-order valence-corrected chi connectivity index (χ3v) is 6.04. The van der Waals surface area contributed by atoms with E-state index in [0.717, 1.165) is 17.7 Å². The number of nitrogens with one attached hydrogen (secondary N) is 1. The average Bonchev–Trinajstić information content (AvgIpc) is 3.57. The Morgan fingerprint density at radius 2 is 2.03 bits per heavy atom. The summed E-state index contributed by atoms with van der Waals surface area (Å²) in [5.41, 5.74) is 9.38. The second-order valence-corrected chi connectivity index (χ2v) is 8.78. The number of nitrogens with zero attached hydrogens (tertiary/aromatic N) is 3. The summed E-state index contributed by atoms with van der Waals surface area (Å²) in [4.78, 5) is 33.0. The van der Waals surface area contributed by atoms with Crippen molar-refractivity contribution < 1.29 is 14.3 Å². The molecule has 4 rings (SSSR count). The molecular formula is C24H31N5O3. The van der Waals surface area contributed by atoms with Crippen LogP contribution in [0.5, 0.6) is 5.75 Å². The van der Waals surface area contributed by atoms with Gasteiger partial charge in [0, 0.05) is 44.7 Å². The zero-order valence-corrected chi connectivity index (χ0v) is 18.9. The van der Waals surface area contributed by atoms with Crippen LogP contribution in [0.25, 0.3) is 0 Å².